The lowest BCUT2D eigenvalue weighted by Gasteiger charge is -2.06. The first-order valence-corrected chi connectivity index (χ1v) is 8.64. The van der Waals surface area contributed by atoms with Crippen LogP contribution < -0.4 is 5.69 Å². The Morgan fingerprint density at radius 3 is 3.14 bits per heavy atom. The average molecular weight is 337 g/mol. The molecule has 0 fully saturated rings. The van der Waals surface area contributed by atoms with Crippen molar-refractivity contribution in [1.82, 2.24) is 24.9 Å². The molecular weight excluding hydrogens is 322 g/mol. The fraction of sp³-hybridized carbons (Fsp3) is 0.385. The number of hydrogen-bond donors (Lipinski definition) is 1. The Bertz CT molecular complexity index is 790. The van der Waals surface area contributed by atoms with Crippen LogP contribution in [0.15, 0.2) is 32.0 Å². The number of nitrogens with one attached hydrogen (secondary N) is 1. The van der Waals surface area contributed by atoms with Gasteiger partial charge in [0.15, 0.2) is 5.16 Å². The molecule has 7 nitrogen and oxygen atoms in total. The smallest absolute Gasteiger partial charge is 0.338 e. The maximum atomic E-state index is 11.7. The third kappa shape index (κ3) is 3.00. The van der Waals surface area contributed by atoms with Gasteiger partial charge in [-0.2, -0.15) is 4.98 Å². The summed E-state index contributed by atoms with van der Waals surface area (Å²) in [7, 11) is 0. The number of rotatable bonds is 6. The van der Waals surface area contributed by atoms with Crippen LogP contribution in [0.2, 0.25) is 0 Å². The third-order valence-electron chi connectivity index (χ3n) is 2.98. The molecule has 0 aromatic carbocycles. The molecular formula is C13H15N5O2S2. The molecule has 3 aromatic rings. The monoisotopic (exact) mass is 337 g/mol. The van der Waals surface area contributed by atoms with E-state index in [9.17, 15) is 4.79 Å². The molecule has 0 saturated carbocycles. The number of H-pyrrole nitrogens is 1. The van der Waals surface area contributed by atoms with Gasteiger partial charge in [-0.05, 0) is 24.8 Å². The summed E-state index contributed by atoms with van der Waals surface area (Å²) in [6.45, 7) is 4.60. The molecule has 0 aliphatic heterocycles. The highest BCUT2D eigenvalue weighted by molar-refractivity contribution is 7.99. The van der Waals surface area contributed by atoms with E-state index in [1.807, 2.05) is 31.4 Å². The van der Waals surface area contributed by atoms with Gasteiger partial charge in [-0.1, -0.05) is 29.9 Å². The number of aromatic nitrogens is 5. The van der Waals surface area contributed by atoms with Crippen molar-refractivity contribution in [1.29, 1.82) is 0 Å². The first-order chi connectivity index (χ1) is 10.7. The van der Waals surface area contributed by atoms with Gasteiger partial charge >= 0.3 is 5.69 Å². The summed E-state index contributed by atoms with van der Waals surface area (Å²) in [4.78, 5) is 17.1. The van der Waals surface area contributed by atoms with Crippen molar-refractivity contribution in [3.8, 4) is 10.7 Å². The number of thioether (sulfide) groups is 1. The SMILES string of the molecule is CCCn1c(SC(C)c2nc(-c3cccs3)no2)n[nH]c1=O. The van der Waals surface area contributed by atoms with Crippen molar-refractivity contribution < 1.29 is 4.52 Å². The first kappa shape index (κ1) is 15.0. The van der Waals surface area contributed by atoms with Gasteiger partial charge in [0.25, 0.3) is 0 Å². The predicted molar refractivity (Wildman–Crippen MR) is 85.0 cm³/mol. The fourth-order valence-corrected chi connectivity index (χ4v) is 3.49. The van der Waals surface area contributed by atoms with E-state index in [1.54, 1.807) is 15.9 Å². The highest BCUT2D eigenvalue weighted by atomic mass is 32.2. The van der Waals surface area contributed by atoms with E-state index in [2.05, 4.69) is 20.3 Å². The van der Waals surface area contributed by atoms with Crippen LogP contribution in [0.3, 0.4) is 0 Å². The number of aromatic amines is 1. The van der Waals surface area contributed by atoms with Gasteiger partial charge in [-0.15, -0.1) is 16.4 Å². The Labute approximate surface area is 134 Å². The Hall–Kier alpha value is -1.87. The van der Waals surface area contributed by atoms with Gasteiger partial charge in [-0.25, -0.2) is 9.89 Å². The van der Waals surface area contributed by atoms with Crippen LogP contribution in [0.4, 0.5) is 0 Å². The molecule has 3 aromatic heterocycles. The summed E-state index contributed by atoms with van der Waals surface area (Å²) in [6.07, 6.45) is 0.866. The van der Waals surface area contributed by atoms with Gasteiger partial charge < -0.3 is 4.52 Å². The zero-order valence-corrected chi connectivity index (χ0v) is 13.8. The van der Waals surface area contributed by atoms with Crippen LogP contribution in [-0.4, -0.2) is 24.9 Å². The molecule has 0 aliphatic carbocycles. The summed E-state index contributed by atoms with van der Waals surface area (Å²) in [5.41, 5.74) is -0.193. The molecule has 1 unspecified atom stereocenters. The average Bonchev–Trinajstić information content (AvgIpc) is 3.22. The fourth-order valence-electron chi connectivity index (χ4n) is 1.93. The highest BCUT2D eigenvalue weighted by Gasteiger charge is 2.20. The second-order valence-corrected chi connectivity index (χ2v) is 6.91. The third-order valence-corrected chi connectivity index (χ3v) is 4.93. The van der Waals surface area contributed by atoms with Gasteiger partial charge in [0.2, 0.25) is 11.7 Å². The minimum absolute atomic E-state index is 0.0907. The van der Waals surface area contributed by atoms with E-state index in [1.165, 1.54) is 11.8 Å². The Morgan fingerprint density at radius 1 is 1.55 bits per heavy atom. The summed E-state index contributed by atoms with van der Waals surface area (Å²) >= 11 is 2.99. The van der Waals surface area contributed by atoms with E-state index in [0.717, 1.165) is 11.3 Å². The molecule has 0 radical (unpaired) electrons. The summed E-state index contributed by atoms with van der Waals surface area (Å²) in [5.74, 6) is 1.11. The van der Waals surface area contributed by atoms with Gasteiger partial charge in [0.05, 0.1) is 10.1 Å². The largest absolute Gasteiger partial charge is 0.343 e. The Morgan fingerprint density at radius 2 is 2.41 bits per heavy atom. The minimum Gasteiger partial charge on any atom is -0.338 e. The molecule has 0 spiro atoms. The van der Waals surface area contributed by atoms with Crippen LogP contribution in [-0.2, 0) is 6.54 Å². The topological polar surface area (TPSA) is 89.6 Å². The number of hydrogen-bond acceptors (Lipinski definition) is 7. The van der Waals surface area contributed by atoms with Crippen LogP contribution in [0, 0.1) is 0 Å². The van der Waals surface area contributed by atoms with Crippen molar-refractivity contribution in [3.05, 3.63) is 33.9 Å². The van der Waals surface area contributed by atoms with Gasteiger partial charge in [0, 0.05) is 6.54 Å². The molecule has 3 heterocycles. The number of nitrogens with zero attached hydrogens (tertiary/aromatic N) is 4. The first-order valence-electron chi connectivity index (χ1n) is 6.88. The molecule has 0 aliphatic rings. The van der Waals surface area contributed by atoms with E-state index < -0.39 is 0 Å². The number of thiophene rings is 1. The van der Waals surface area contributed by atoms with Gasteiger partial charge in [0.1, 0.15) is 0 Å². The molecule has 22 heavy (non-hydrogen) atoms. The summed E-state index contributed by atoms with van der Waals surface area (Å²) < 4.78 is 6.95. The second-order valence-electron chi connectivity index (χ2n) is 4.66. The van der Waals surface area contributed by atoms with Crippen molar-refractivity contribution in [2.24, 2.45) is 0 Å². The molecule has 0 amide bonds. The van der Waals surface area contributed by atoms with Crippen molar-refractivity contribution >= 4 is 23.1 Å². The zero-order valence-electron chi connectivity index (χ0n) is 12.1. The standard InChI is InChI=1S/C13H15N5O2S2/c1-3-6-18-12(19)15-16-13(18)22-8(2)11-14-10(17-20-11)9-5-4-7-21-9/h4-5,7-8H,3,6H2,1-2H3,(H,15,19). The quantitative estimate of drug-likeness (QED) is 0.696. The van der Waals surface area contributed by atoms with E-state index in [0.29, 0.717) is 23.4 Å². The molecule has 116 valence electrons. The van der Waals surface area contributed by atoms with Crippen LogP contribution in [0.25, 0.3) is 10.7 Å². The van der Waals surface area contributed by atoms with Crippen LogP contribution in [0.1, 0.15) is 31.4 Å². The minimum atomic E-state index is -0.193. The Kier molecular flexibility index (Phi) is 4.44. The van der Waals surface area contributed by atoms with Crippen molar-refractivity contribution in [2.45, 2.75) is 37.2 Å². The lowest BCUT2D eigenvalue weighted by atomic mass is 10.4. The molecule has 1 atom stereocenters. The predicted octanol–water partition coefficient (Wildman–Crippen LogP) is 2.95. The summed E-state index contributed by atoms with van der Waals surface area (Å²) in [6, 6.07) is 3.89. The lowest BCUT2D eigenvalue weighted by Crippen LogP contribution is -2.17. The van der Waals surface area contributed by atoms with Crippen molar-refractivity contribution in [3.63, 3.8) is 0 Å². The van der Waals surface area contributed by atoms with Crippen LogP contribution in [0.5, 0.6) is 0 Å². The maximum Gasteiger partial charge on any atom is 0.343 e. The van der Waals surface area contributed by atoms with E-state index in [-0.39, 0.29) is 10.9 Å². The molecule has 3 rings (SSSR count). The maximum absolute atomic E-state index is 11.7. The van der Waals surface area contributed by atoms with E-state index >= 15 is 0 Å². The second kappa shape index (κ2) is 6.49. The molecule has 0 saturated heterocycles. The highest BCUT2D eigenvalue weighted by Crippen LogP contribution is 2.33. The summed E-state index contributed by atoms with van der Waals surface area (Å²) in [5, 5.41) is 13.0. The Balaban J connectivity index is 1.78. The van der Waals surface area contributed by atoms with Crippen LogP contribution >= 0.6 is 23.1 Å². The van der Waals surface area contributed by atoms with Gasteiger partial charge in [-0.3, -0.25) is 4.57 Å². The zero-order chi connectivity index (χ0) is 15.5. The lowest BCUT2D eigenvalue weighted by molar-refractivity contribution is 0.380. The molecule has 0 bridgehead atoms. The normalized spacial score (nSPS) is 12.6. The molecule has 9 heteroatoms. The molecule has 1 N–H and O–H groups in total. The van der Waals surface area contributed by atoms with E-state index in [4.69, 9.17) is 4.52 Å². The van der Waals surface area contributed by atoms with Crippen molar-refractivity contribution in [2.75, 3.05) is 0 Å².